The second-order valence-corrected chi connectivity index (χ2v) is 8.67. The molecule has 0 aromatic rings. The first-order valence-electron chi connectivity index (χ1n) is 8.67. The molecule has 2 unspecified atom stereocenters. The van der Waals surface area contributed by atoms with Gasteiger partial charge in [-0.05, 0) is 56.9 Å². The number of rotatable bonds is 4. The van der Waals surface area contributed by atoms with Crippen LogP contribution in [0.3, 0.4) is 0 Å². The fraction of sp³-hybridized carbons (Fsp3) is 1.00. The summed E-state index contributed by atoms with van der Waals surface area (Å²) >= 11 is 0. The highest BCUT2D eigenvalue weighted by Gasteiger charge is 2.37. The third kappa shape index (κ3) is 3.98. The van der Waals surface area contributed by atoms with Gasteiger partial charge in [0, 0.05) is 24.6 Å². The normalized spacial score (nSPS) is 35.4. The van der Waals surface area contributed by atoms with Gasteiger partial charge in [0.25, 0.3) is 0 Å². The van der Waals surface area contributed by atoms with E-state index in [1.54, 1.807) is 0 Å². The first kappa shape index (κ1) is 16.3. The zero-order valence-corrected chi connectivity index (χ0v) is 14.1. The second kappa shape index (κ2) is 6.36. The Kier molecular flexibility index (Phi) is 5.18. The molecule has 0 saturated heterocycles. The molecule has 2 nitrogen and oxygen atoms in total. The Labute approximate surface area is 125 Å². The van der Waals surface area contributed by atoms with Crippen molar-refractivity contribution in [1.29, 1.82) is 0 Å². The van der Waals surface area contributed by atoms with E-state index >= 15 is 0 Å². The summed E-state index contributed by atoms with van der Waals surface area (Å²) in [5.74, 6) is 0.787. The van der Waals surface area contributed by atoms with Crippen LogP contribution in [0.4, 0.5) is 0 Å². The molecular weight excluding hydrogens is 246 g/mol. The van der Waals surface area contributed by atoms with E-state index in [9.17, 15) is 5.11 Å². The fourth-order valence-electron chi connectivity index (χ4n) is 4.59. The van der Waals surface area contributed by atoms with Crippen molar-refractivity contribution in [1.82, 2.24) is 4.90 Å². The average molecular weight is 281 g/mol. The molecule has 0 spiro atoms. The number of nitrogens with zero attached hydrogens (tertiary/aromatic N) is 1. The zero-order chi connectivity index (χ0) is 14.8. The summed E-state index contributed by atoms with van der Waals surface area (Å²) in [6.45, 7) is 8.63. The lowest BCUT2D eigenvalue weighted by Gasteiger charge is -2.45. The highest BCUT2D eigenvalue weighted by Crippen LogP contribution is 2.41. The third-order valence-corrected chi connectivity index (χ3v) is 6.04. The van der Waals surface area contributed by atoms with Crippen LogP contribution >= 0.6 is 0 Å². The van der Waals surface area contributed by atoms with E-state index in [0.29, 0.717) is 12.0 Å². The molecule has 0 heterocycles. The molecule has 2 aliphatic carbocycles. The van der Waals surface area contributed by atoms with Crippen molar-refractivity contribution in [2.45, 2.75) is 78.2 Å². The summed E-state index contributed by atoms with van der Waals surface area (Å²) in [6, 6.07) is 0.740. The molecule has 20 heavy (non-hydrogen) atoms. The lowest BCUT2D eigenvalue weighted by molar-refractivity contribution is 0.00875. The number of aliphatic hydroxyl groups excluding tert-OH is 1. The number of hydrogen-bond donors (Lipinski definition) is 1. The summed E-state index contributed by atoms with van der Waals surface area (Å²) < 4.78 is 0. The van der Waals surface area contributed by atoms with E-state index in [2.05, 4.69) is 32.7 Å². The molecule has 2 atom stereocenters. The van der Waals surface area contributed by atoms with Gasteiger partial charge in [-0.25, -0.2) is 0 Å². The van der Waals surface area contributed by atoms with E-state index in [0.717, 1.165) is 18.5 Å². The molecule has 0 aliphatic heterocycles. The third-order valence-electron chi connectivity index (χ3n) is 6.04. The maximum Gasteiger partial charge on any atom is 0.0499 e. The van der Waals surface area contributed by atoms with Crippen molar-refractivity contribution in [2.75, 3.05) is 20.2 Å². The van der Waals surface area contributed by atoms with Crippen LogP contribution in [0.1, 0.15) is 72.1 Å². The largest absolute Gasteiger partial charge is 0.396 e. The molecule has 2 fully saturated rings. The van der Waals surface area contributed by atoms with Gasteiger partial charge in [-0.2, -0.15) is 0 Å². The maximum atomic E-state index is 9.96. The minimum absolute atomic E-state index is 0.180. The van der Waals surface area contributed by atoms with Crippen molar-refractivity contribution >= 4 is 0 Å². The molecule has 118 valence electrons. The van der Waals surface area contributed by atoms with Gasteiger partial charge in [-0.3, -0.25) is 0 Å². The first-order chi connectivity index (χ1) is 9.36. The number of hydrogen-bond acceptors (Lipinski definition) is 2. The summed E-state index contributed by atoms with van der Waals surface area (Å²) in [5, 5.41) is 9.96. The monoisotopic (exact) mass is 281 g/mol. The molecule has 0 aromatic carbocycles. The van der Waals surface area contributed by atoms with E-state index in [4.69, 9.17) is 0 Å². The highest BCUT2D eigenvalue weighted by atomic mass is 16.3. The van der Waals surface area contributed by atoms with Crippen molar-refractivity contribution < 1.29 is 5.11 Å². The molecule has 1 N–H and O–H groups in total. The van der Waals surface area contributed by atoms with Gasteiger partial charge < -0.3 is 10.0 Å². The van der Waals surface area contributed by atoms with Crippen molar-refractivity contribution in [3.8, 4) is 0 Å². The second-order valence-electron chi connectivity index (χ2n) is 8.67. The zero-order valence-electron chi connectivity index (χ0n) is 14.1. The van der Waals surface area contributed by atoms with Crippen molar-refractivity contribution in [3.05, 3.63) is 0 Å². The Bertz CT molecular complexity index is 305. The van der Waals surface area contributed by atoms with Gasteiger partial charge in [-0.1, -0.05) is 33.6 Å². The molecule has 2 heteroatoms. The summed E-state index contributed by atoms with van der Waals surface area (Å²) in [5.41, 5.74) is 0.727. The molecule has 0 amide bonds. The first-order valence-corrected chi connectivity index (χ1v) is 8.67. The highest BCUT2D eigenvalue weighted by molar-refractivity contribution is 4.90. The predicted octanol–water partition coefficient (Wildman–Crippen LogP) is 4.08. The van der Waals surface area contributed by atoms with Crippen LogP contribution in [0, 0.1) is 16.7 Å². The van der Waals surface area contributed by atoms with E-state index in [1.807, 2.05) is 0 Å². The molecule has 0 bridgehead atoms. The quantitative estimate of drug-likeness (QED) is 0.839. The minimum Gasteiger partial charge on any atom is -0.396 e. The minimum atomic E-state index is 0.180. The van der Waals surface area contributed by atoms with E-state index in [-0.39, 0.29) is 5.41 Å². The van der Waals surface area contributed by atoms with Crippen LogP contribution < -0.4 is 0 Å². The standard InChI is InChI=1S/C18H35NO/c1-15-6-5-9-18(12-15,14-20)13-19(4)16-7-10-17(2,3)11-8-16/h15-16,20H,5-14H2,1-4H3. The summed E-state index contributed by atoms with van der Waals surface area (Å²) in [4.78, 5) is 2.57. The van der Waals surface area contributed by atoms with Gasteiger partial charge in [0.2, 0.25) is 0 Å². The van der Waals surface area contributed by atoms with Gasteiger partial charge in [-0.15, -0.1) is 0 Å². The Morgan fingerprint density at radius 3 is 2.30 bits per heavy atom. The lowest BCUT2D eigenvalue weighted by Crippen LogP contribution is -2.46. The Morgan fingerprint density at radius 1 is 1.10 bits per heavy atom. The van der Waals surface area contributed by atoms with Gasteiger partial charge in [0.1, 0.15) is 0 Å². The van der Waals surface area contributed by atoms with E-state index < -0.39 is 0 Å². The summed E-state index contributed by atoms with van der Waals surface area (Å²) in [6.07, 6.45) is 10.5. The number of aliphatic hydroxyl groups is 1. The average Bonchev–Trinajstić information content (AvgIpc) is 2.38. The molecule has 0 aromatic heterocycles. The Balaban J connectivity index is 1.91. The van der Waals surface area contributed by atoms with Gasteiger partial charge >= 0.3 is 0 Å². The van der Waals surface area contributed by atoms with Crippen LogP contribution in [-0.2, 0) is 0 Å². The predicted molar refractivity (Wildman–Crippen MR) is 85.8 cm³/mol. The van der Waals surface area contributed by atoms with Gasteiger partial charge in [0.15, 0.2) is 0 Å². The van der Waals surface area contributed by atoms with Crippen LogP contribution in [0.2, 0.25) is 0 Å². The van der Waals surface area contributed by atoms with Gasteiger partial charge in [0.05, 0.1) is 0 Å². The van der Waals surface area contributed by atoms with Crippen molar-refractivity contribution in [3.63, 3.8) is 0 Å². The SMILES string of the molecule is CC1CCCC(CO)(CN(C)C2CCC(C)(C)CC2)C1. The summed E-state index contributed by atoms with van der Waals surface area (Å²) in [7, 11) is 2.29. The maximum absolute atomic E-state index is 9.96. The van der Waals surface area contributed by atoms with Crippen LogP contribution in [0.5, 0.6) is 0 Å². The smallest absolute Gasteiger partial charge is 0.0499 e. The molecular formula is C18H35NO. The molecule has 2 rings (SSSR count). The van der Waals surface area contributed by atoms with Crippen LogP contribution in [0.25, 0.3) is 0 Å². The molecule has 2 aliphatic rings. The lowest BCUT2D eigenvalue weighted by atomic mass is 9.69. The Hall–Kier alpha value is -0.0800. The van der Waals surface area contributed by atoms with Crippen LogP contribution in [-0.4, -0.2) is 36.2 Å². The fourth-order valence-corrected chi connectivity index (χ4v) is 4.59. The molecule has 0 radical (unpaired) electrons. The van der Waals surface area contributed by atoms with Crippen molar-refractivity contribution in [2.24, 2.45) is 16.7 Å². The van der Waals surface area contributed by atoms with Crippen LogP contribution in [0.15, 0.2) is 0 Å². The van der Waals surface area contributed by atoms with E-state index in [1.165, 1.54) is 51.4 Å². The molecule has 2 saturated carbocycles. The Morgan fingerprint density at radius 2 is 1.75 bits per heavy atom. The topological polar surface area (TPSA) is 23.5 Å².